The van der Waals surface area contributed by atoms with Crippen LogP contribution in [0.2, 0.25) is 0 Å². The Hall–Kier alpha value is -1.55. The first kappa shape index (κ1) is 13.9. The highest BCUT2D eigenvalue weighted by Gasteiger charge is 2.25. The molecular weight excluding hydrogens is 240 g/mol. The van der Waals surface area contributed by atoms with E-state index in [1.54, 1.807) is 7.11 Å². The molecule has 1 amide bonds. The summed E-state index contributed by atoms with van der Waals surface area (Å²) in [5.41, 5.74) is 2.01. The third-order valence-electron chi connectivity index (χ3n) is 3.52. The van der Waals surface area contributed by atoms with Crippen molar-refractivity contribution in [2.75, 3.05) is 25.1 Å². The maximum absolute atomic E-state index is 12.5. The zero-order valence-electron chi connectivity index (χ0n) is 11.9. The van der Waals surface area contributed by atoms with Gasteiger partial charge >= 0.3 is 0 Å². The van der Waals surface area contributed by atoms with E-state index < -0.39 is 0 Å². The number of amides is 1. The van der Waals surface area contributed by atoms with Crippen LogP contribution >= 0.6 is 0 Å². The van der Waals surface area contributed by atoms with Gasteiger partial charge in [-0.2, -0.15) is 0 Å². The number of aryl methyl sites for hydroxylation is 1. The number of ether oxygens (including phenoxy) is 1. The van der Waals surface area contributed by atoms with E-state index in [0.29, 0.717) is 0 Å². The van der Waals surface area contributed by atoms with Gasteiger partial charge in [0.25, 0.3) is 0 Å². The lowest BCUT2D eigenvalue weighted by Gasteiger charge is -2.30. The number of rotatable bonds is 2. The van der Waals surface area contributed by atoms with Crippen LogP contribution in [0.15, 0.2) is 18.2 Å². The molecule has 1 aliphatic rings. The van der Waals surface area contributed by atoms with Crippen LogP contribution in [0, 0.1) is 6.92 Å². The van der Waals surface area contributed by atoms with Gasteiger partial charge in [-0.25, -0.2) is 0 Å². The predicted molar refractivity (Wildman–Crippen MR) is 76.8 cm³/mol. The highest BCUT2D eigenvalue weighted by atomic mass is 16.5. The minimum atomic E-state index is -0.148. The molecule has 0 saturated carbocycles. The number of nitrogens with one attached hydrogen (secondary N) is 1. The number of nitrogens with zero attached hydrogens (tertiary/aromatic N) is 1. The molecule has 1 fully saturated rings. The Bertz CT molecular complexity index is 459. The van der Waals surface area contributed by atoms with E-state index in [0.717, 1.165) is 42.9 Å². The molecule has 0 radical (unpaired) electrons. The van der Waals surface area contributed by atoms with Gasteiger partial charge in [-0.05, 0) is 50.9 Å². The van der Waals surface area contributed by atoms with Crippen LogP contribution in [0.4, 0.5) is 5.69 Å². The number of benzene rings is 1. The van der Waals surface area contributed by atoms with Crippen LogP contribution < -0.4 is 15.0 Å². The lowest BCUT2D eigenvalue weighted by atomic mass is 10.1. The van der Waals surface area contributed by atoms with Gasteiger partial charge in [-0.3, -0.25) is 4.79 Å². The molecule has 104 valence electrons. The summed E-state index contributed by atoms with van der Waals surface area (Å²) in [6.45, 7) is 5.61. The Morgan fingerprint density at radius 3 is 2.89 bits per heavy atom. The molecule has 1 unspecified atom stereocenters. The number of carbonyl (C=O) groups excluding carboxylic acids is 1. The second-order valence-corrected chi connectivity index (χ2v) is 5.05. The topological polar surface area (TPSA) is 41.6 Å². The third kappa shape index (κ3) is 3.07. The van der Waals surface area contributed by atoms with E-state index in [-0.39, 0.29) is 11.9 Å². The van der Waals surface area contributed by atoms with E-state index >= 15 is 0 Å². The van der Waals surface area contributed by atoms with E-state index in [4.69, 9.17) is 4.74 Å². The van der Waals surface area contributed by atoms with Crippen molar-refractivity contribution in [3.8, 4) is 5.75 Å². The molecule has 1 heterocycles. The van der Waals surface area contributed by atoms with Gasteiger partial charge in [0.05, 0.1) is 18.8 Å². The SMILES string of the molecule is COc1ccc(C)cc1N1CCCCNC(C)C1=O. The lowest BCUT2D eigenvalue weighted by Crippen LogP contribution is -2.47. The summed E-state index contributed by atoms with van der Waals surface area (Å²) in [7, 11) is 1.64. The molecule has 1 aromatic carbocycles. The molecule has 1 saturated heterocycles. The normalized spacial score (nSPS) is 20.9. The molecule has 0 aromatic heterocycles. The largest absolute Gasteiger partial charge is 0.495 e. The van der Waals surface area contributed by atoms with Crippen molar-refractivity contribution in [3.05, 3.63) is 23.8 Å². The van der Waals surface area contributed by atoms with Crippen LogP contribution in [-0.4, -0.2) is 32.1 Å². The summed E-state index contributed by atoms with van der Waals surface area (Å²) in [5.74, 6) is 0.871. The van der Waals surface area contributed by atoms with Gasteiger partial charge in [0.2, 0.25) is 5.91 Å². The minimum Gasteiger partial charge on any atom is -0.495 e. The van der Waals surface area contributed by atoms with Crippen molar-refractivity contribution in [3.63, 3.8) is 0 Å². The standard InChI is InChI=1S/C15H22N2O2/c1-11-6-7-14(19-3)13(10-11)17-9-5-4-8-16-12(2)15(17)18/h6-7,10,12,16H,4-5,8-9H2,1-3H3. The maximum Gasteiger partial charge on any atom is 0.243 e. The van der Waals surface area contributed by atoms with E-state index in [1.807, 2.05) is 36.9 Å². The molecule has 1 aliphatic heterocycles. The van der Waals surface area contributed by atoms with Crippen LogP contribution in [-0.2, 0) is 4.79 Å². The van der Waals surface area contributed by atoms with E-state index in [1.165, 1.54) is 0 Å². The molecule has 1 atom stereocenters. The fraction of sp³-hybridized carbons (Fsp3) is 0.533. The van der Waals surface area contributed by atoms with Crippen molar-refractivity contribution in [1.29, 1.82) is 0 Å². The second kappa shape index (κ2) is 6.06. The molecule has 1 aromatic rings. The molecule has 4 heteroatoms. The van der Waals surface area contributed by atoms with Gasteiger partial charge < -0.3 is 15.0 Å². The average Bonchev–Trinajstić information content (AvgIpc) is 2.40. The van der Waals surface area contributed by atoms with Crippen molar-refractivity contribution in [2.24, 2.45) is 0 Å². The maximum atomic E-state index is 12.5. The van der Waals surface area contributed by atoms with Gasteiger partial charge in [0.1, 0.15) is 5.75 Å². The van der Waals surface area contributed by atoms with Crippen molar-refractivity contribution < 1.29 is 9.53 Å². The summed E-state index contributed by atoms with van der Waals surface area (Å²) in [5, 5.41) is 3.25. The highest BCUT2D eigenvalue weighted by molar-refractivity contribution is 5.98. The molecule has 1 N–H and O–H groups in total. The molecule has 19 heavy (non-hydrogen) atoms. The smallest absolute Gasteiger partial charge is 0.243 e. The third-order valence-corrected chi connectivity index (χ3v) is 3.52. The summed E-state index contributed by atoms with van der Waals surface area (Å²) < 4.78 is 5.39. The summed E-state index contributed by atoms with van der Waals surface area (Å²) in [6, 6.07) is 5.80. The highest BCUT2D eigenvalue weighted by Crippen LogP contribution is 2.30. The molecule has 0 aliphatic carbocycles. The Morgan fingerprint density at radius 2 is 2.16 bits per heavy atom. The molecule has 4 nitrogen and oxygen atoms in total. The number of methoxy groups -OCH3 is 1. The summed E-state index contributed by atoms with van der Waals surface area (Å²) in [4.78, 5) is 14.3. The molecule has 0 bridgehead atoms. The Balaban J connectivity index is 2.36. The molecular formula is C15H22N2O2. The summed E-state index contributed by atoms with van der Waals surface area (Å²) in [6.07, 6.45) is 2.09. The number of anilines is 1. The van der Waals surface area contributed by atoms with Crippen LogP contribution in [0.5, 0.6) is 5.75 Å². The van der Waals surface area contributed by atoms with Gasteiger partial charge in [-0.1, -0.05) is 6.07 Å². The Kier molecular flexibility index (Phi) is 4.43. The van der Waals surface area contributed by atoms with Gasteiger partial charge in [0.15, 0.2) is 0 Å². The zero-order valence-corrected chi connectivity index (χ0v) is 11.9. The first-order valence-corrected chi connectivity index (χ1v) is 6.83. The van der Waals surface area contributed by atoms with Gasteiger partial charge in [0, 0.05) is 6.54 Å². The second-order valence-electron chi connectivity index (χ2n) is 5.05. The van der Waals surface area contributed by atoms with Crippen LogP contribution in [0.25, 0.3) is 0 Å². The molecule has 0 spiro atoms. The van der Waals surface area contributed by atoms with E-state index in [9.17, 15) is 4.79 Å². The van der Waals surface area contributed by atoms with Crippen molar-refractivity contribution in [2.45, 2.75) is 32.7 Å². The average molecular weight is 262 g/mol. The Morgan fingerprint density at radius 1 is 1.37 bits per heavy atom. The first-order chi connectivity index (χ1) is 9.13. The van der Waals surface area contributed by atoms with Crippen molar-refractivity contribution >= 4 is 11.6 Å². The van der Waals surface area contributed by atoms with Crippen molar-refractivity contribution in [1.82, 2.24) is 5.32 Å². The zero-order chi connectivity index (χ0) is 13.8. The monoisotopic (exact) mass is 262 g/mol. The quantitative estimate of drug-likeness (QED) is 0.887. The fourth-order valence-electron chi connectivity index (χ4n) is 2.39. The number of hydrogen-bond donors (Lipinski definition) is 1. The lowest BCUT2D eigenvalue weighted by molar-refractivity contribution is -0.120. The first-order valence-electron chi connectivity index (χ1n) is 6.83. The van der Waals surface area contributed by atoms with Gasteiger partial charge in [-0.15, -0.1) is 0 Å². The van der Waals surface area contributed by atoms with Crippen LogP contribution in [0.3, 0.4) is 0 Å². The predicted octanol–water partition coefficient (Wildman–Crippen LogP) is 2.11. The van der Waals surface area contributed by atoms with Crippen LogP contribution in [0.1, 0.15) is 25.3 Å². The molecule has 2 rings (SSSR count). The number of hydrogen-bond acceptors (Lipinski definition) is 3. The number of carbonyl (C=O) groups is 1. The minimum absolute atomic E-state index is 0.114. The Labute approximate surface area is 114 Å². The summed E-state index contributed by atoms with van der Waals surface area (Å²) >= 11 is 0. The van der Waals surface area contributed by atoms with E-state index in [2.05, 4.69) is 5.32 Å². The fourth-order valence-corrected chi connectivity index (χ4v) is 2.39.